The first kappa shape index (κ1) is 26.5. The molecule has 2 N–H and O–H groups in total. The molecule has 2 amide bonds. The van der Waals surface area contributed by atoms with E-state index in [-0.39, 0.29) is 6.03 Å². The predicted octanol–water partition coefficient (Wildman–Crippen LogP) is 5.28. The Labute approximate surface area is 233 Å². The second kappa shape index (κ2) is 11.7. The molecule has 2 heterocycles. The number of halogens is 1. The molecule has 1 fully saturated rings. The van der Waals surface area contributed by atoms with E-state index in [1.165, 1.54) is 10.6 Å². The van der Waals surface area contributed by atoms with Gasteiger partial charge < -0.3 is 5.32 Å². The lowest BCUT2D eigenvalue weighted by Gasteiger charge is -2.48. The number of allylic oxidation sites excluding steroid dienone is 1. The summed E-state index contributed by atoms with van der Waals surface area (Å²) >= 11 is 6.50. The number of hydrogen-bond donors (Lipinski definition) is 2. The van der Waals surface area contributed by atoms with Crippen molar-refractivity contribution in [2.45, 2.75) is 50.6 Å². The van der Waals surface area contributed by atoms with Crippen molar-refractivity contribution in [2.24, 2.45) is 12.0 Å². The highest BCUT2D eigenvalue weighted by Crippen LogP contribution is 2.37. The number of aryl methyl sites for hydroxylation is 1. The van der Waals surface area contributed by atoms with Crippen molar-refractivity contribution in [3.05, 3.63) is 84.3 Å². The van der Waals surface area contributed by atoms with Gasteiger partial charge in [-0.1, -0.05) is 48.9 Å². The van der Waals surface area contributed by atoms with Crippen LogP contribution in [-0.2, 0) is 13.6 Å². The zero-order valence-electron chi connectivity index (χ0n) is 21.8. The van der Waals surface area contributed by atoms with Crippen molar-refractivity contribution in [2.75, 3.05) is 4.90 Å². The Morgan fingerprint density at radius 1 is 1.13 bits per heavy atom. The Hall–Kier alpha value is -4.13. The van der Waals surface area contributed by atoms with Crippen LogP contribution >= 0.6 is 11.8 Å². The van der Waals surface area contributed by atoms with E-state index in [1.54, 1.807) is 10.9 Å². The van der Waals surface area contributed by atoms with E-state index >= 15 is 0 Å². The summed E-state index contributed by atoms with van der Waals surface area (Å²) in [5.41, 5.74) is 3.41. The van der Waals surface area contributed by atoms with Gasteiger partial charge in [-0.05, 0) is 48.9 Å². The van der Waals surface area contributed by atoms with Crippen molar-refractivity contribution in [1.82, 2.24) is 24.8 Å². The zero-order valence-corrected chi connectivity index (χ0v) is 22.6. The van der Waals surface area contributed by atoms with Crippen LogP contribution in [0.3, 0.4) is 0 Å². The fourth-order valence-electron chi connectivity index (χ4n) is 5.20. The van der Waals surface area contributed by atoms with Gasteiger partial charge in [-0.25, -0.2) is 4.79 Å². The SMILES string of the molecule is Cn1cc(-c2ccc(N(C(=O)NCc3ccccc3)C3(NC4N=CC(C#N)=CN4Cl)CCCCC3)cc2)cn1. The van der Waals surface area contributed by atoms with Gasteiger partial charge >= 0.3 is 6.03 Å². The topological polar surface area (TPSA) is 102 Å². The molecule has 0 saturated heterocycles. The molecule has 1 aliphatic carbocycles. The number of nitrogens with zero attached hydrogens (tertiary/aromatic N) is 6. The first-order valence-corrected chi connectivity index (χ1v) is 13.4. The molecule has 5 rings (SSSR count). The lowest BCUT2D eigenvalue weighted by atomic mass is 9.86. The first-order valence-electron chi connectivity index (χ1n) is 13.1. The molecule has 2 aromatic carbocycles. The Kier molecular flexibility index (Phi) is 7.96. The fourth-order valence-corrected chi connectivity index (χ4v) is 5.41. The van der Waals surface area contributed by atoms with E-state index in [0.29, 0.717) is 12.1 Å². The second-order valence-corrected chi connectivity index (χ2v) is 10.2. The van der Waals surface area contributed by atoms with Gasteiger partial charge in [0, 0.05) is 55.2 Å². The zero-order chi connectivity index (χ0) is 27.2. The van der Waals surface area contributed by atoms with Gasteiger partial charge in [0.1, 0.15) is 11.7 Å². The highest BCUT2D eigenvalue weighted by atomic mass is 35.5. The summed E-state index contributed by atoms with van der Waals surface area (Å²) in [7, 11) is 1.89. The lowest BCUT2D eigenvalue weighted by molar-refractivity contribution is 0.165. The predicted molar refractivity (Wildman–Crippen MR) is 152 cm³/mol. The molecule has 9 nitrogen and oxygen atoms in total. The average molecular weight is 543 g/mol. The molecule has 3 aromatic rings. The van der Waals surface area contributed by atoms with Crippen LogP contribution < -0.4 is 15.5 Å². The summed E-state index contributed by atoms with van der Waals surface area (Å²) in [6.07, 6.45) is 10.6. The number of aromatic nitrogens is 2. The average Bonchev–Trinajstić information content (AvgIpc) is 3.41. The Bertz CT molecular complexity index is 1390. The molecule has 0 spiro atoms. The standard InChI is InChI=1S/C29H31ClN8O/c1-36-21-25(19-34-36)24-10-12-26(13-11-24)38(28(39)33-17-22-8-4-2-5-9-22)29(14-6-3-7-15-29)35-27-32-18-23(16-31)20-37(27)30/h2,4-5,8-13,18-21,27,35H,3,6-7,14-15,17H2,1H3,(H,33,39). The third-order valence-corrected chi connectivity index (χ3v) is 7.42. The molecular formula is C29H31ClN8O. The summed E-state index contributed by atoms with van der Waals surface area (Å²) in [6.45, 7) is 0.400. The summed E-state index contributed by atoms with van der Waals surface area (Å²) in [6, 6.07) is 19.7. The van der Waals surface area contributed by atoms with E-state index in [1.807, 2.05) is 78.9 Å². The van der Waals surface area contributed by atoms with Crippen molar-refractivity contribution in [3.63, 3.8) is 0 Å². The third-order valence-electron chi connectivity index (χ3n) is 7.14. The molecule has 39 heavy (non-hydrogen) atoms. The molecule has 1 atom stereocenters. The molecule has 10 heteroatoms. The van der Waals surface area contributed by atoms with E-state index in [0.717, 1.165) is 54.5 Å². The van der Waals surface area contributed by atoms with Gasteiger partial charge in [0.15, 0.2) is 6.29 Å². The number of benzene rings is 2. The molecule has 200 valence electrons. The van der Waals surface area contributed by atoms with Crippen molar-refractivity contribution in [3.8, 4) is 17.2 Å². The van der Waals surface area contributed by atoms with E-state index < -0.39 is 12.0 Å². The van der Waals surface area contributed by atoms with Crippen LogP contribution in [0.15, 0.2) is 83.8 Å². The smallest absolute Gasteiger partial charge is 0.323 e. The maximum absolute atomic E-state index is 14.0. The van der Waals surface area contributed by atoms with Gasteiger partial charge in [0.05, 0.1) is 11.8 Å². The number of carbonyl (C=O) groups is 1. The minimum atomic E-state index is -0.748. The first-order chi connectivity index (χ1) is 19.0. The minimum absolute atomic E-state index is 0.212. The Morgan fingerprint density at radius 2 is 1.87 bits per heavy atom. The molecule has 0 radical (unpaired) electrons. The minimum Gasteiger partial charge on any atom is -0.334 e. The van der Waals surface area contributed by atoms with Gasteiger partial charge in [-0.3, -0.25) is 24.3 Å². The van der Waals surface area contributed by atoms with E-state index in [2.05, 4.69) is 26.8 Å². The highest BCUT2D eigenvalue weighted by Gasteiger charge is 2.44. The van der Waals surface area contributed by atoms with Crippen LogP contribution in [0.25, 0.3) is 11.1 Å². The summed E-state index contributed by atoms with van der Waals surface area (Å²) in [5, 5.41) is 20.2. The molecule has 1 aromatic heterocycles. The summed E-state index contributed by atoms with van der Waals surface area (Å²) < 4.78 is 3.13. The van der Waals surface area contributed by atoms with Crippen LogP contribution in [0, 0.1) is 11.3 Å². The van der Waals surface area contributed by atoms with Crippen LogP contribution in [0.4, 0.5) is 10.5 Å². The maximum atomic E-state index is 14.0. The normalized spacial score (nSPS) is 18.2. The Balaban J connectivity index is 1.49. The Morgan fingerprint density at radius 3 is 2.51 bits per heavy atom. The highest BCUT2D eigenvalue weighted by molar-refractivity contribution is 6.14. The quantitative estimate of drug-likeness (QED) is 0.312. The second-order valence-electron chi connectivity index (χ2n) is 9.86. The summed E-state index contributed by atoms with van der Waals surface area (Å²) in [5.74, 6) is 0. The monoisotopic (exact) mass is 542 g/mol. The van der Waals surface area contributed by atoms with Crippen LogP contribution in [-0.4, -0.2) is 38.4 Å². The lowest BCUT2D eigenvalue weighted by Crippen LogP contribution is -2.67. The summed E-state index contributed by atoms with van der Waals surface area (Å²) in [4.78, 5) is 20.3. The van der Waals surface area contributed by atoms with Crippen LogP contribution in [0.1, 0.15) is 37.7 Å². The molecular weight excluding hydrogens is 512 g/mol. The van der Waals surface area contributed by atoms with Crippen molar-refractivity contribution >= 4 is 29.7 Å². The number of rotatable bonds is 7. The van der Waals surface area contributed by atoms with E-state index in [4.69, 9.17) is 11.8 Å². The number of carbonyl (C=O) groups excluding carboxylic acids is 1. The molecule has 0 bridgehead atoms. The molecule has 1 aliphatic heterocycles. The van der Waals surface area contributed by atoms with Gasteiger partial charge in [0.25, 0.3) is 0 Å². The molecule has 2 aliphatic rings. The van der Waals surface area contributed by atoms with Crippen LogP contribution in [0.2, 0.25) is 0 Å². The van der Waals surface area contributed by atoms with Gasteiger partial charge in [-0.15, -0.1) is 0 Å². The largest absolute Gasteiger partial charge is 0.334 e. The number of nitrogens with one attached hydrogen (secondary N) is 2. The van der Waals surface area contributed by atoms with Crippen molar-refractivity contribution < 1.29 is 4.79 Å². The van der Waals surface area contributed by atoms with Crippen LogP contribution in [0.5, 0.6) is 0 Å². The molecule has 1 saturated carbocycles. The fraction of sp³-hybridized carbons (Fsp3) is 0.310. The van der Waals surface area contributed by atoms with Crippen molar-refractivity contribution in [1.29, 1.82) is 5.26 Å². The van der Waals surface area contributed by atoms with E-state index in [9.17, 15) is 10.1 Å². The number of aliphatic imine (C=N–C) groups is 1. The molecule has 1 unspecified atom stereocenters. The number of anilines is 1. The van der Waals surface area contributed by atoms with Gasteiger partial charge in [0.2, 0.25) is 0 Å². The number of urea groups is 1. The number of hydrogen-bond acceptors (Lipinski definition) is 6. The maximum Gasteiger partial charge on any atom is 0.323 e. The third kappa shape index (κ3) is 5.98. The van der Waals surface area contributed by atoms with Gasteiger partial charge in [-0.2, -0.15) is 10.4 Å². The number of nitriles is 1. The number of amides is 2.